The van der Waals surface area contributed by atoms with Crippen molar-refractivity contribution < 1.29 is 45.3 Å². The van der Waals surface area contributed by atoms with Gasteiger partial charge in [0.15, 0.2) is 5.78 Å². The first-order valence-electron chi connectivity index (χ1n) is 14.6. The van der Waals surface area contributed by atoms with E-state index in [9.17, 15) is 31.1 Å². The SMILES string of the molecule is CC(c1ccc(Oc2ccc(/C=C3\CCCCC3=O)cc2)cc1)(c1ccccc1OC(F)=C(F)F)c1ccccc1OC(F)=C(F)F. The summed E-state index contributed by atoms with van der Waals surface area (Å²) in [6, 6.07) is 21.0. The van der Waals surface area contributed by atoms with Crippen molar-refractivity contribution in [2.24, 2.45) is 0 Å². The van der Waals surface area contributed by atoms with Crippen LogP contribution in [-0.4, -0.2) is 5.78 Å². The number of ketones is 1. The van der Waals surface area contributed by atoms with E-state index in [1.807, 2.05) is 18.2 Å². The summed E-state index contributed by atoms with van der Waals surface area (Å²) in [4.78, 5) is 12.2. The molecule has 1 fully saturated rings. The van der Waals surface area contributed by atoms with Crippen molar-refractivity contribution >= 4 is 11.9 Å². The molecule has 0 atom stereocenters. The summed E-state index contributed by atoms with van der Waals surface area (Å²) in [5.41, 5.74) is 0.960. The van der Waals surface area contributed by atoms with E-state index < -0.39 is 29.6 Å². The van der Waals surface area contributed by atoms with E-state index in [1.165, 1.54) is 36.4 Å². The molecule has 1 saturated carbocycles. The molecular formula is C37H28F6O4. The standard InChI is InChI=1S/C37H28F6O4/c1-37(28-9-3-6-12-31(28)46-35(42)33(38)39,29-10-4-7-13-32(29)47-36(43)34(40)41)25-16-20-27(21-17-25)45-26-18-14-23(15-19-26)22-24-8-2-5-11-30(24)44/h3-4,6-7,9-10,12-22H,2,5,8,11H2,1H3/b24-22+. The molecule has 4 aromatic rings. The quantitative estimate of drug-likeness (QED) is 0.0742. The first kappa shape index (κ1) is 33.1. The second-order valence-electron chi connectivity index (χ2n) is 10.9. The Morgan fingerprint density at radius 2 is 1.11 bits per heavy atom. The molecule has 0 unspecified atom stereocenters. The number of rotatable bonds is 10. The molecule has 5 rings (SSSR count). The van der Waals surface area contributed by atoms with Crippen LogP contribution in [0.25, 0.3) is 6.08 Å². The summed E-state index contributed by atoms with van der Waals surface area (Å²) in [7, 11) is 0. The van der Waals surface area contributed by atoms with Gasteiger partial charge in [-0.25, -0.2) is 0 Å². The number of carbonyl (C=O) groups is 1. The molecule has 0 heterocycles. The fourth-order valence-corrected chi connectivity index (χ4v) is 5.54. The zero-order valence-corrected chi connectivity index (χ0v) is 25.0. The minimum Gasteiger partial charge on any atom is -0.457 e. The number of hydrogen-bond donors (Lipinski definition) is 0. The van der Waals surface area contributed by atoms with Gasteiger partial charge in [0.05, 0.1) is 0 Å². The maximum Gasteiger partial charge on any atom is 0.344 e. The van der Waals surface area contributed by atoms with Crippen molar-refractivity contribution in [3.8, 4) is 23.0 Å². The Morgan fingerprint density at radius 1 is 0.638 bits per heavy atom. The lowest BCUT2D eigenvalue weighted by atomic mass is 9.70. The van der Waals surface area contributed by atoms with E-state index in [1.54, 1.807) is 55.5 Å². The fourth-order valence-electron chi connectivity index (χ4n) is 5.54. The van der Waals surface area contributed by atoms with Crippen LogP contribution in [0.15, 0.2) is 127 Å². The normalized spacial score (nSPS) is 14.0. The van der Waals surface area contributed by atoms with Gasteiger partial charge in [0.1, 0.15) is 23.0 Å². The highest BCUT2D eigenvalue weighted by Crippen LogP contribution is 2.47. The van der Waals surface area contributed by atoms with Crippen molar-refractivity contribution in [1.29, 1.82) is 0 Å². The number of allylic oxidation sites excluding steroid dienone is 1. The molecule has 0 amide bonds. The van der Waals surface area contributed by atoms with Crippen LogP contribution in [0.3, 0.4) is 0 Å². The van der Waals surface area contributed by atoms with E-state index in [2.05, 4.69) is 0 Å². The van der Waals surface area contributed by atoms with Crippen molar-refractivity contribution in [2.75, 3.05) is 0 Å². The fraction of sp³-hybridized carbons (Fsp3) is 0.162. The van der Waals surface area contributed by atoms with Crippen LogP contribution in [0.5, 0.6) is 23.0 Å². The van der Waals surface area contributed by atoms with Crippen LogP contribution < -0.4 is 14.2 Å². The molecular weight excluding hydrogens is 622 g/mol. The van der Waals surface area contributed by atoms with E-state index >= 15 is 0 Å². The maximum absolute atomic E-state index is 14.1. The summed E-state index contributed by atoms with van der Waals surface area (Å²) in [5.74, 6) is 0.502. The van der Waals surface area contributed by atoms with Crippen molar-refractivity contribution in [3.63, 3.8) is 0 Å². The minimum absolute atomic E-state index is 0.146. The van der Waals surface area contributed by atoms with Crippen molar-refractivity contribution in [2.45, 2.75) is 38.0 Å². The Bertz CT molecular complexity index is 1770. The average Bonchev–Trinajstić information content (AvgIpc) is 3.07. The number of Topliss-reactive ketones (excluding diaryl/α,β-unsaturated/α-hetero) is 1. The smallest absolute Gasteiger partial charge is 0.344 e. The molecule has 4 aromatic carbocycles. The Hall–Kier alpha value is -5.25. The average molecular weight is 651 g/mol. The van der Waals surface area contributed by atoms with Gasteiger partial charge in [-0.1, -0.05) is 60.7 Å². The topological polar surface area (TPSA) is 44.8 Å². The second kappa shape index (κ2) is 14.5. The lowest BCUT2D eigenvalue weighted by Gasteiger charge is -2.34. The van der Waals surface area contributed by atoms with Crippen LogP contribution in [0, 0.1) is 0 Å². The molecule has 10 heteroatoms. The third-order valence-electron chi connectivity index (χ3n) is 7.89. The zero-order chi connectivity index (χ0) is 33.6. The summed E-state index contributed by atoms with van der Waals surface area (Å²) >= 11 is 0. The van der Waals surface area contributed by atoms with Gasteiger partial charge in [0.2, 0.25) is 0 Å². The number of hydrogen-bond acceptors (Lipinski definition) is 4. The van der Waals surface area contributed by atoms with E-state index in [0.29, 0.717) is 23.5 Å². The van der Waals surface area contributed by atoms with Crippen LogP contribution in [0.1, 0.15) is 54.9 Å². The molecule has 1 aliphatic rings. The summed E-state index contributed by atoms with van der Waals surface area (Å²) in [6.07, 6.45) is -0.254. The predicted octanol–water partition coefficient (Wildman–Crippen LogP) is 11.2. The van der Waals surface area contributed by atoms with Gasteiger partial charge in [-0.05, 0) is 85.4 Å². The molecule has 0 N–H and O–H groups in total. The number of benzene rings is 4. The van der Waals surface area contributed by atoms with Gasteiger partial charge in [-0.2, -0.15) is 26.3 Å². The lowest BCUT2D eigenvalue weighted by Crippen LogP contribution is -2.27. The van der Waals surface area contributed by atoms with Gasteiger partial charge in [0.25, 0.3) is 0 Å². The predicted molar refractivity (Wildman–Crippen MR) is 165 cm³/mol. The highest BCUT2D eigenvalue weighted by Gasteiger charge is 2.37. The number of carbonyl (C=O) groups excluding carboxylic acids is 1. The molecule has 0 aliphatic heterocycles. The maximum atomic E-state index is 14.1. The molecule has 0 spiro atoms. The van der Waals surface area contributed by atoms with E-state index in [-0.39, 0.29) is 28.4 Å². The van der Waals surface area contributed by atoms with Gasteiger partial charge in [-0.3, -0.25) is 4.79 Å². The molecule has 242 valence electrons. The molecule has 47 heavy (non-hydrogen) atoms. The Balaban J connectivity index is 1.52. The van der Waals surface area contributed by atoms with Crippen molar-refractivity contribution in [1.82, 2.24) is 0 Å². The monoisotopic (exact) mass is 650 g/mol. The molecule has 4 nitrogen and oxygen atoms in total. The summed E-state index contributed by atoms with van der Waals surface area (Å²) in [6.45, 7) is 1.61. The molecule has 0 bridgehead atoms. The largest absolute Gasteiger partial charge is 0.457 e. The van der Waals surface area contributed by atoms with Crippen molar-refractivity contribution in [3.05, 3.63) is 149 Å². The second-order valence-corrected chi connectivity index (χ2v) is 10.9. The molecule has 0 radical (unpaired) electrons. The number of ether oxygens (including phenoxy) is 3. The van der Waals surface area contributed by atoms with Crippen LogP contribution in [0.4, 0.5) is 26.3 Å². The van der Waals surface area contributed by atoms with Gasteiger partial charge >= 0.3 is 24.2 Å². The number of halogens is 6. The number of para-hydroxylation sites is 2. The summed E-state index contributed by atoms with van der Waals surface area (Å²) in [5, 5.41) is 0. The highest BCUT2D eigenvalue weighted by atomic mass is 19.3. The Labute approximate surface area is 267 Å². The van der Waals surface area contributed by atoms with Gasteiger partial charge in [-0.15, -0.1) is 0 Å². The van der Waals surface area contributed by atoms with Crippen LogP contribution in [0.2, 0.25) is 0 Å². The van der Waals surface area contributed by atoms with Crippen LogP contribution in [-0.2, 0) is 10.2 Å². The summed E-state index contributed by atoms with van der Waals surface area (Å²) < 4.78 is 96.1. The van der Waals surface area contributed by atoms with Gasteiger partial charge < -0.3 is 14.2 Å². The highest BCUT2D eigenvalue weighted by molar-refractivity contribution is 6.00. The lowest BCUT2D eigenvalue weighted by molar-refractivity contribution is -0.116. The van der Waals surface area contributed by atoms with Gasteiger partial charge in [0, 0.05) is 23.0 Å². The molecule has 0 saturated heterocycles. The third-order valence-corrected chi connectivity index (χ3v) is 7.89. The molecule has 0 aromatic heterocycles. The molecule has 1 aliphatic carbocycles. The van der Waals surface area contributed by atoms with E-state index in [0.717, 1.165) is 30.4 Å². The first-order chi connectivity index (χ1) is 22.6. The Morgan fingerprint density at radius 3 is 1.60 bits per heavy atom. The first-order valence-corrected chi connectivity index (χ1v) is 14.6. The zero-order valence-electron chi connectivity index (χ0n) is 25.0. The third kappa shape index (κ3) is 7.60. The van der Waals surface area contributed by atoms with Crippen LogP contribution >= 0.6 is 0 Å². The van der Waals surface area contributed by atoms with E-state index in [4.69, 9.17) is 14.2 Å². The Kier molecular flexibility index (Phi) is 10.2. The minimum atomic E-state index is -2.68.